The molecule has 1 fully saturated rings. The molecular formula is C15H26N2O4. The van der Waals surface area contributed by atoms with Crippen molar-refractivity contribution >= 4 is 12.0 Å². The van der Waals surface area contributed by atoms with E-state index in [1.807, 2.05) is 6.92 Å². The minimum absolute atomic E-state index is 0.293. The molecule has 0 aromatic rings. The number of methoxy groups -OCH3 is 1. The highest BCUT2D eigenvalue weighted by Crippen LogP contribution is 2.32. The Kier molecular flexibility index (Phi) is 6.68. The molecule has 6 heteroatoms. The summed E-state index contributed by atoms with van der Waals surface area (Å²) >= 11 is 0. The van der Waals surface area contributed by atoms with Crippen LogP contribution < -0.4 is 5.32 Å². The van der Waals surface area contributed by atoms with E-state index in [2.05, 4.69) is 11.9 Å². The molecule has 120 valence electrons. The van der Waals surface area contributed by atoms with Crippen LogP contribution in [-0.4, -0.2) is 54.4 Å². The fraction of sp³-hybridized carbons (Fsp3) is 0.733. The van der Waals surface area contributed by atoms with E-state index in [4.69, 9.17) is 4.74 Å². The third-order valence-corrected chi connectivity index (χ3v) is 3.96. The number of carboxylic acid groups (broad SMARTS) is 1. The summed E-state index contributed by atoms with van der Waals surface area (Å²) in [7, 11) is 1.56. The average molecular weight is 298 g/mol. The lowest BCUT2D eigenvalue weighted by Gasteiger charge is -2.38. The second kappa shape index (κ2) is 8.02. The zero-order valence-electron chi connectivity index (χ0n) is 12.9. The van der Waals surface area contributed by atoms with Crippen molar-refractivity contribution in [3.05, 3.63) is 12.7 Å². The van der Waals surface area contributed by atoms with Gasteiger partial charge in [-0.1, -0.05) is 25.8 Å². The summed E-state index contributed by atoms with van der Waals surface area (Å²) in [5.74, 6) is -0.658. The van der Waals surface area contributed by atoms with Gasteiger partial charge < -0.3 is 20.1 Å². The van der Waals surface area contributed by atoms with E-state index < -0.39 is 11.5 Å². The highest BCUT2D eigenvalue weighted by molar-refractivity contribution is 5.86. The first-order valence-electron chi connectivity index (χ1n) is 7.35. The molecule has 1 aliphatic rings. The summed E-state index contributed by atoms with van der Waals surface area (Å²) < 4.78 is 4.98. The maximum Gasteiger partial charge on any atom is 0.329 e. The van der Waals surface area contributed by atoms with Crippen molar-refractivity contribution < 1.29 is 19.4 Å². The maximum absolute atomic E-state index is 12.4. The summed E-state index contributed by atoms with van der Waals surface area (Å²) in [5.41, 5.74) is -1.15. The molecule has 1 saturated carbocycles. The molecule has 0 aromatic carbocycles. The molecule has 0 heterocycles. The Hall–Kier alpha value is -1.56. The monoisotopic (exact) mass is 298 g/mol. The average Bonchev–Trinajstić information content (AvgIpc) is 2.43. The molecule has 6 nitrogen and oxygen atoms in total. The van der Waals surface area contributed by atoms with Gasteiger partial charge in [-0.2, -0.15) is 0 Å². The highest BCUT2D eigenvalue weighted by atomic mass is 16.5. The van der Waals surface area contributed by atoms with Gasteiger partial charge in [0.15, 0.2) is 0 Å². The van der Waals surface area contributed by atoms with Gasteiger partial charge in [-0.05, 0) is 18.8 Å². The first-order valence-corrected chi connectivity index (χ1v) is 7.35. The van der Waals surface area contributed by atoms with Crippen molar-refractivity contribution in [2.45, 2.75) is 38.1 Å². The number of amides is 2. The van der Waals surface area contributed by atoms with Gasteiger partial charge in [0.25, 0.3) is 0 Å². The van der Waals surface area contributed by atoms with E-state index in [0.29, 0.717) is 38.5 Å². The van der Waals surface area contributed by atoms with Crippen LogP contribution >= 0.6 is 0 Å². The van der Waals surface area contributed by atoms with Crippen LogP contribution in [0.25, 0.3) is 0 Å². The smallest absolute Gasteiger partial charge is 0.329 e. The molecule has 0 radical (unpaired) electrons. The Morgan fingerprint density at radius 2 is 2.29 bits per heavy atom. The summed E-state index contributed by atoms with van der Waals surface area (Å²) in [6, 6.07) is -0.372. The van der Waals surface area contributed by atoms with Crippen LogP contribution in [0, 0.1) is 5.92 Å². The first kappa shape index (κ1) is 17.5. The van der Waals surface area contributed by atoms with Gasteiger partial charge >= 0.3 is 12.0 Å². The third-order valence-electron chi connectivity index (χ3n) is 3.96. The van der Waals surface area contributed by atoms with E-state index in [0.717, 1.165) is 12.8 Å². The Morgan fingerprint density at radius 3 is 2.81 bits per heavy atom. The molecular weight excluding hydrogens is 272 g/mol. The number of carbonyl (C=O) groups is 2. The van der Waals surface area contributed by atoms with Crippen molar-refractivity contribution in [1.82, 2.24) is 10.2 Å². The molecule has 0 saturated heterocycles. The number of carbonyl (C=O) groups excluding carboxylic acids is 1. The molecule has 0 spiro atoms. The molecule has 0 aliphatic heterocycles. The third kappa shape index (κ3) is 4.74. The van der Waals surface area contributed by atoms with Crippen molar-refractivity contribution in [3.63, 3.8) is 0 Å². The van der Waals surface area contributed by atoms with Crippen LogP contribution in [0.15, 0.2) is 12.7 Å². The van der Waals surface area contributed by atoms with E-state index in [1.165, 1.54) is 4.90 Å². The predicted molar refractivity (Wildman–Crippen MR) is 80.2 cm³/mol. The molecule has 2 amide bonds. The lowest BCUT2D eigenvalue weighted by Crippen LogP contribution is -2.60. The Bertz CT molecular complexity index is 386. The molecule has 21 heavy (non-hydrogen) atoms. The maximum atomic E-state index is 12.4. The Labute approximate surface area is 126 Å². The Morgan fingerprint density at radius 1 is 1.57 bits per heavy atom. The van der Waals surface area contributed by atoms with Gasteiger partial charge in [-0.25, -0.2) is 9.59 Å². The molecule has 0 bridgehead atoms. The highest BCUT2D eigenvalue weighted by Gasteiger charge is 2.43. The van der Waals surface area contributed by atoms with Gasteiger partial charge in [0.1, 0.15) is 5.54 Å². The quantitative estimate of drug-likeness (QED) is 0.703. The number of hydrogen-bond acceptors (Lipinski definition) is 3. The van der Waals surface area contributed by atoms with Crippen LogP contribution in [0.4, 0.5) is 4.79 Å². The topological polar surface area (TPSA) is 78.9 Å². The molecule has 2 atom stereocenters. The van der Waals surface area contributed by atoms with Crippen LogP contribution in [0.3, 0.4) is 0 Å². The fourth-order valence-corrected chi connectivity index (χ4v) is 2.83. The second-order valence-electron chi connectivity index (χ2n) is 5.75. The number of carboxylic acids is 1. The minimum Gasteiger partial charge on any atom is -0.480 e. The van der Waals surface area contributed by atoms with Crippen LogP contribution in [-0.2, 0) is 9.53 Å². The lowest BCUT2D eigenvalue weighted by molar-refractivity contribution is -0.146. The largest absolute Gasteiger partial charge is 0.480 e. The van der Waals surface area contributed by atoms with Crippen molar-refractivity contribution in [2.24, 2.45) is 5.92 Å². The van der Waals surface area contributed by atoms with Gasteiger partial charge in [0.2, 0.25) is 0 Å². The van der Waals surface area contributed by atoms with Gasteiger partial charge in [-0.15, -0.1) is 6.58 Å². The SMILES string of the molecule is C=CCN(CCOC)C(=O)NC1(C(=O)O)CCCC(C)C1. The normalized spacial score (nSPS) is 25.1. The van der Waals surface area contributed by atoms with Gasteiger partial charge in [0.05, 0.1) is 6.61 Å². The summed E-state index contributed by atoms with van der Waals surface area (Å²) in [6.45, 7) is 6.81. The summed E-state index contributed by atoms with van der Waals surface area (Å²) in [4.78, 5) is 25.6. The summed E-state index contributed by atoms with van der Waals surface area (Å²) in [6.07, 6.45) is 4.38. The van der Waals surface area contributed by atoms with E-state index in [-0.39, 0.29) is 6.03 Å². The number of rotatable bonds is 7. The van der Waals surface area contributed by atoms with E-state index in [9.17, 15) is 14.7 Å². The van der Waals surface area contributed by atoms with Gasteiger partial charge in [0, 0.05) is 20.2 Å². The van der Waals surface area contributed by atoms with Crippen LogP contribution in [0.5, 0.6) is 0 Å². The number of ether oxygens (including phenoxy) is 1. The van der Waals surface area contributed by atoms with Crippen molar-refractivity contribution in [3.8, 4) is 0 Å². The number of nitrogens with zero attached hydrogens (tertiary/aromatic N) is 1. The molecule has 1 rings (SSSR count). The molecule has 0 aromatic heterocycles. The fourth-order valence-electron chi connectivity index (χ4n) is 2.83. The number of hydrogen-bond donors (Lipinski definition) is 2. The molecule has 2 unspecified atom stereocenters. The summed E-state index contributed by atoms with van der Waals surface area (Å²) in [5, 5.41) is 12.3. The minimum atomic E-state index is -1.15. The lowest BCUT2D eigenvalue weighted by atomic mass is 9.76. The second-order valence-corrected chi connectivity index (χ2v) is 5.75. The standard InChI is InChI=1S/C15H26N2O4/c1-4-8-17(9-10-21-3)14(20)16-15(13(18)19)7-5-6-12(2)11-15/h4,12H,1,5-11H2,2-3H3,(H,16,20)(H,18,19). The van der Waals surface area contributed by atoms with Crippen molar-refractivity contribution in [2.75, 3.05) is 26.8 Å². The van der Waals surface area contributed by atoms with Crippen LogP contribution in [0.2, 0.25) is 0 Å². The predicted octanol–water partition coefficient (Wildman–Crippen LogP) is 1.86. The zero-order valence-corrected chi connectivity index (χ0v) is 12.9. The molecule has 2 N–H and O–H groups in total. The van der Waals surface area contributed by atoms with Gasteiger partial charge in [-0.3, -0.25) is 0 Å². The molecule has 1 aliphatic carbocycles. The number of aliphatic carboxylic acids is 1. The van der Waals surface area contributed by atoms with E-state index >= 15 is 0 Å². The van der Waals surface area contributed by atoms with Crippen molar-refractivity contribution in [1.29, 1.82) is 0 Å². The zero-order chi connectivity index (χ0) is 15.9. The van der Waals surface area contributed by atoms with Crippen LogP contribution in [0.1, 0.15) is 32.6 Å². The first-order chi connectivity index (χ1) is 9.95. The van der Waals surface area contributed by atoms with E-state index in [1.54, 1.807) is 13.2 Å². The number of nitrogens with one attached hydrogen (secondary N) is 1. The number of urea groups is 1. The Balaban J connectivity index is 2.78.